The number of hydrogen-bond donors (Lipinski definition) is 2. The lowest BCUT2D eigenvalue weighted by atomic mass is 9.99. The van der Waals surface area contributed by atoms with Crippen LogP contribution in [0.15, 0.2) is 48.5 Å². The van der Waals surface area contributed by atoms with E-state index in [2.05, 4.69) is 4.74 Å². The minimum Gasteiger partial charge on any atom is -0.507 e. The van der Waals surface area contributed by atoms with Crippen molar-refractivity contribution in [1.82, 2.24) is 0 Å². The number of aryl methyl sites for hydroxylation is 2. The number of aromatic hydroxyl groups is 2. The van der Waals surface area contributed by atoms with E-state index in [4.69, 9.17) is 14.2 Å². The maximum atomic E-state index is 13.3. The van der Waals surface area contributed by atoms with Crippen LogP contribution < -0.4 is 9.47 Å². The van der Waals surface area contributed by atoms with Crippen molar-refractivity contribution in [3.8, 4) is 34.1 Å². The van der Waals surface area contributed by atoms with Gasteiger partial charge in [-0.25, -0.2) is 4.39 Å². The number of unbranched alkanes of at least 4 members (excludes halogenated alkanes) is 1. The summed E-state index contributed by atoms with van der Waals surface area (Å²) in [5.74, 6) is 0.161. The molecule has 8 nitrogen and oxygen atoms in total. The Morgan fingerprint density at radius 3 is 2.10 bits per heavy atom. The zero-order valence-electron chi connectivity index (χ0n) is 24.4. The zero-order valence-corrected chi connectivity index (χ0v) is 24.4. The maximum absolute atomic E-state index is 13.3. The van der Waals surface area contributed by atoms with E-state index in [1.54, 1.807) is 30.3 Å². The van der Waals surface area contributed by atoms with Gasteiger partial charge in [-0.1, -0.05) is 25.1 Å². The molecule has 0 amide bonds. The highest BCUT2D eigenvalue weighted by Crippen LogP contribution is 2.36. The third kappa shape index (κ3) is 9.12. The van der Waals surface area contributed by atoms with E-state index < -0.39 is 5.97 Å². The first-order valence-corrected chi connectivity index (χ1v) is 14.1. The van der Waals surface area contributed by atoms with Crippen LogP contribution in [0.2, 0.25) is 0 Å². The van der Waals surface area contributed by atoms with Crippen LogP contribution in [-0.4, -0.2) is 49.6 Å². The topological polar surface area (TPSA) is 112 Å². The summed E-state index contributed by atoms with van der Waals surface area (Å²) in [5, 5.41) is 21.6. The quantitative estimate of drug-likeness (QED) is 0.149. The van der Waals surface area contributed by atoms with Gasteiger partial charge >= 0.3 is 11.9 Å². The Labute approximate surface area is 246 Å². The van der Waals surface area contributed by atoms with Crippen LogP contribution in [0.1, 0.15) is 55.7 Å². The summed E-state index contributed by atoms with van der Waals surface area (Å²) in [5.41, 5.74) is 3.47. The molecule has 9 heteroatoms. The lowest BCUT2D eigenvalue weighted by molar-refractivity contribution is -0.141. The Morgan fingerprint density at radius 1 is 0.762 bits per heavy atom. The van der Waals surface area contributed by atoms with Crippen molar-refractivity contribution in [2.24, 2.45) is 0 Å². The maximum Gasteiger partial charge on any atom is 0.305 e. The average Bonchev–Trinajstić information content (AvgIpc) is 2.99. The fourth-order valence-corrected chi connectivity index (χ4v) is 4.57. The second-order valence-electron chi connectivity index (χ2n) is 9.80. The van der Waals surface area contributed by atoms with E-state index in [-0.39, 0.29) is 36.1 Å². The Morgan fingerprint density at radius 2 is 1.43 bits per heavy atom. The van der Waals surface area contributed by atoms with Gasteiger partial charge in [0.25, 0.3) is 0 Å². The Balaban J connectivity index is 1.61. The molecule has 42 heavy (non-hydrogen) atoms. The molecule has 3 aromatic rings. The number of phenolic OH excluding ortho intramolecular Hbond substituents is 2. The number of methoxy groups -OCH3 is 2. The minimum absolute atomic E-state index is 0.0427. The molecule has 0 saturated carbocycles. The first-order chi connectivity index (χ1) is 20.3. The lowest BCUT2D eigenvalue weighted by Gasteiger charge is -2.17. The average molecular weight is 583 g/mol. The molecule has 0 atom stereocenters. The van der Waals surface area contributed by atoms with Gasteiger partial charge in [0.2, 0.25) is 0 Å². The van der Waals surface area contributed by atoms with E-state index >= 15 is 0 Å². The van der Waals surface area contributed by atoms with Gasteiger partial charge in [0.05, 0.1) is 27.4 Å². The van der Waals surface area contributed by atoms with Crippen LogP contribution in [0.5, 0.6) is 23.0 Å². The number of hydrogen-bond acceptors (Lipinski definition) is 8. The van der Waals surface area contributed by atoms with Crippen LogP contribution in [0.4, 0.5) is 4.39 Å². The minimum atomic E-state index is -0.391. The normalized spacial score (nSPS) is 10.8. The molecule has 0 saturated heterocycles. The third-order valence-electron chi connectivity index (χ3n) is 6.95. The van der Waals surface area contributed by atoms with Crippen LogP contribution in [0, 0.1) is 5.82 Å². The van der Waals surface area contributed by atoms with Crippen LogP contribution >= 0.6 is 0 Å². The molecule has 0 fully saturated rings. The standard InChI is InChI=1S/C33H39FO8/c1-4-22-20-27(23-10-13-25(34)14-11-23)28(35)21-30(22)42-19-7-18-41-29-16-12-24(8-5-6-9-31(36)39-2)33(38)26(29)15-17-32(37)40-3/h10-14,16,20-21,35,38H,4-9,15,17-19H2,1-3H3. The lowest BCUT2D eigenvalue weighted by Crippen LogP contribution is -2.09. The first kappa shape index (κ1) is 32.2. The molecule has 0 aliphatic rings. The Bertz CT molecular complexity index is 1340. The van der Waals surface area contributed by atoms with Gasteiger partial charge in [0.15, 0.2) is 0 Å². The van der Waals surface area contributed by atoms with Crippen molar-refractivity contribution in [3.05, 3.63) is 71.0 Å². The molecule has 2 N–H and O–H groups in total. The third-order valence-corrected chi connectivity index (χ3v) is 6.95. The molecule has 0 radical (unpaired) electrons. The summed E-state index contributed by atoms with van der Waals surface area (Å²) in [4.78, 5) is 23.1. The predicted molar refractivity (Wildman–Crippen MR) is 157 cm³/mol. The van der Waals surface area contributed by atoms with Crippen molar-refractivity contribution < 1.29 is 43.1 Å². The number of rotatable bonds is 16. The summed E-state index contributed by atoms with van der Waals surface area (Å²) in [6, 6.07) is 12.9. The van der Waals surface area contributed by atoms with Gasteiger partial charge in [0.1, 0.15) is 28.8 Å². The Kier molecular flexibility index (Phi) is 12.5. The van der Waals surface area contributed by atoms with Crippen LogP contribution in [0.25, 0.3) is 11.1 Å². The zero-order chi connectivity index (χ0) is 30.5. The summed E-state index contributed by atoms with van der Waals surface area (Å²) in [6.45, 7) is 2.61. The summed E-state index contributed by atoms with van der Waals surface area (Å²) >= 11 is 0. The molecule has 3 rings (SSSR count). The van der Waals surface area contributed by atoms with E-state index in [0.29, 0.717) is 85.5 Å². The van der Waals surface area contributed by atoms with Gasteiger partial charge in [-0.3, -0.25) is 9.59 Å². The van der Waals surface area contributed by atoms with Gasteiger partial charge in [0, 0.05) is 36.5 Å². The van der Waals surface area contributed by atoms with Gasteiger partial charge in [-0.15, -0.1) is 0 Å². The molecule has 3 aromatic carbocycles. The van der Waals surface area contributed by atoms with Crippen molar-refractivity contribution in [2.45, 2.75) is 58.3 Å². The van der Waals surface area contributed by atoms with Gasteiger partial charge in [-0.2, -0.15) is 0 Å². The molecule has 0 heterocycles. The molecule has 0 unspecified atom stereocenters. The van der Waals surface area contributed by atoms with Gasteiger partial charge < -0.3 is 29.2 Å². The van der Waals surface area contributed by atoms with Crippen molar-refractivity contribution in [2.75, 3.05) is 27.4 Å². The molecular formula is C33H39FO8. The number of ether oxygens (including phenoxy) is 4. The molecule has 0 aliphatic carbocycles. The summed E-state index contributed by atoms with van der Waals surface area (Å²) in [7, 11) is 2.67. The van der Waals surface area contributed by atoms with Crippen LogP contribution in [0.3, 0.4) is 0 Å². The van der Waals surface area contributed by atoms with Crippen LogP contribution in [-0.2, 0) is 38.3 Å². The SMILES string of the molecule is CCc1cc(-c2ccc(F)cc2)c(O)cc1OCCCOc1ccc(CCCCC(=O)OC)c(O)c1CCC(=O)OC. The molecule has 0 bridgehead atoms. The van der Waals surface area contributed by atoms with Crippen molar-refractivity contribution in [1.29, 1.82) is 0 Å². The van der Waals surface area contributed by atoms with E-state index in [1.807, 2.05) is 13.0 Å². The predicted octanol–water partition coefficient (Wildman–Crippen LogP) is 6.31. The van der Waals surface area contributed by atoms with Crippen molar-refractivity contribution in [3.63, 3.8) is 0 Å². The number of halogens is 1. The van der Waals surface area contributed by atoms with E-state index in [9.17, 15) is 24.2 Å². The van der Waals surface area contributed by atoms with Gasteiger partial charge in [-0.05, 0) is 73.1 Å². The Hall–Kier alpha value is -4.27. The molecular weight excluding hydrogens is 543 g/mol. The summed E-state index contributed by atoms with van der Waals surface area (Å²) < 4.78 is 34.7. The summed E-state index contributed by atoms with van der Waals surface area (Å²) in [6.07, 6.45) is 3.74. The first-order valence-electron chi connectivity index (χ1n) is 14.1. The van der Waals surface area contributed by atoms with E-state index in [1.165, 1.54) is 26.4 Å². The second-order valence-corrected chi connectivity index (χ2v) is 9.80. The molecule has 226 valence electrons. The highest BCUT2D eigenvalue weighted by atomic mass is 19.1. The number of phenols is 2. The highest BCUT2D eigenvalue weighted by Gasteiger charge is 2.17. The monoisotopic (exact) mass is 582 g/mol. The highest BCUT2D eigenvalue weighted by molar-refractivity contribution is 5.72. The van der Waals surface area contributed by atoms with E-state index in [0.717, 1.165) is 5.56 Å². The second kappa shape index (κ2) is 16.2. The molecule has 0 aromatic heterocycles. The fourth-order valence-electron chi connectivity index (χ4n) is 4.57. The number of carbonyl (C=O) groups is 2. The fraction of sp³-hybridized carbons (Fsp3) is 0.394. The number of esters is 2. The molecule has 0 aliphatic heterocycles. The smallest absolute Gasteiger partial charge is 0.305 e. The largest absolute Gasteiger partial charge is 0.507 e. The van der Waals surface area contributed by atoms with Crippen molar-refractivity contribution >= 4 is 11.9 Å². The number of benzene rings is 3. The number of carbonyl (C=O) groups excluding carboxylic acids is 2. The molecule has 0 spiro atoms.